The minimum Gasteiger partial charge on any atom is -0.350 e. The number of rotatable bonds is 1. The molecule has 1 aliphatic carbocycles. The largest absolute Gasteiger partial charge is 0.350 e. The Hall–Kier alpha value is -0.960. The topological polar surface area (TPSA) is 15.6 Å². The normalized spacial score (nSPS) is 23.2. The summed E-state index contributed by atoms with van der Waals surface area (Å²) in [6, 6.07) is 9.24. The van der Waals surface area contributed by atoms with Gasteiger partial charge in [0.05, 0.1) is 6.04 Å². The SMILES string of the molecule is CN1Cc2ccccc2SC1=NC1CCCCC1. The van der Waals surface area contributed by atoms with Crippen molar-refractivity contribution in [1.82, 2.24) is 4.90 Å². The van der Waals surface area contributed by atoms with Gasteiger partial charge in [0, 0.05) is 18.5 Å². The van der Waals surface area contributed by atoms with Crippen molar-refractivity contribution in [2.75, 3.05) is 7.05 Å². The van der Waals surface area contributed by atoms with E-state index >= 15 is 0 Å². The summed E-state index contributed by atoms with van der Waals surface area (Å²) in [4.78, 5) is 8.65. The molecule has 3 heteroatoms. The van der Waals surface area contributed by atoms with Gasteiger partial charge in [0.1, 0.15) is 0 Å². The summed E-state index contributed by atoms with van der Waals surface area (Å²) in [7, 11) is 2.16. The smallest absolute Gasteiger partial charge is 0.164 e. The fraction of sp³-hybridized carbons (Fsp3) is 0.533. The number of thioether (sulfide) groups is 1. The fourth-order valence-electron chi connectivity index (χ4n) is 2.72. The predicted octanol–water partition coefficient (Wildman–Crippen LogP) is 3.91. The highest BCUT2D eigenvalue weighted by Crippen LogP contribution is 2.32. The zero-order valence-electron chi connectivity index (χ0n) is 10.9. The first-order valence-electron chi connectivity index (χ1n) is 6.87. The summed E-state index contributed by atoms with van der Waals surface area (Å²) in [5, 5.41) is 1.21. The average Bonchev–Trinajstić information content (AvgIpc) is 2.41. The molecule has 1 aliphatic heterocycles. The van der Waals surface area contributed by atoms with Crippen LogP contribution in [0.2, 0.25) is 0 Å². The van der Waals surface area contributed by atoms with Gasteiger partial charge in [-0.05, 0) is 24.5 Å². The quantitative estimate of drug-likeness (QED) is 0.760. The van der Waals surface area contributed by atoms with Gasteiger partial charge in [-0.1, -0.05) is 49.2 Å². The summed E-state index contributed by atoms with van der Waals surface area (Å²) in [6.07, 6.45) is 6.66. The Morgan fingerprint density at radius 2 is 1.94 bits per heavy atom. The van der Waals surface area contributed by atoms with Gasteiger partial charge < -0.3 is 4.90 Å². The van der Waals surface area contributed by atoms with Gasteiger partial charge in [0.25, 0.3) is 0 Å². The number of hydrogen-bond donors (Lipinski definition) is 0. The van der Waals surface area contributed by atoms with Gasteiger partial charge in [-0.3, -0.25) is 4.99 Å². The molecule has 0 amide bonds. The Balaban J connectivity index is 1.79. The van der Waals surface area contributed by atoms with Crippen LogP contribution in [-0.4, -0.2) is 23.2 Å². The summed E-state index contributed by atoms with van der Waals surface area (Å²) < 4.78 is 0. The van der Waals surface area contributed by atoms with E-state index in [1.54, 1.807) is 0 Å². The molecule has 0 N–H and O–H groups in total. The van der Waals surface area contributed by atoms with Crippen LogP contribution >= 0.6 is 11.8 Å². The average molecular weight is 260 g/mol. The molecule has 2 nitrogen and oxygen atoms in total. The van der Waals surface area contributed by atoms with Crippen molar-refractivity contribution < 1.29 is 0 Å². The van der Waals surface area contributed by atoms with Gasteiger partial charge >= 0.3 is 0 Å². The summed E-state index contributed by atoms with van der Waals surface area (Å²) >= 11 is 1.83. The van der Waals surface area contributed by atoms with E-state index in [9.17, 15) is 0 Å². The first-order valence-corrected chi connectivity index (χ1v) is 7.69. The molecule has 0 unspecified atom stereocenters. The Labute approximate surface area is 113 Å². The van der Waals surface area contributed by atoms with Crippen molar-refractivity contribution in [2.45, 2.75) is 49.6 Å². The van der Waals surface area contributed by atoms with E-state index in [0.29, 0.717) is 6.04 Å². The Bertz CT molecular complexity index is 450. The molecule has 1 heterocycles. The van der Waals surface area contributed by atoms with Crippen LogP contribution in [0.25, 0.3) is 0 Å². The van der Waals surface area contributed by atoms with E-state index in [-0.39, 0.29) is 0 Å². The number of fused-ring (bicyclic) bond motifs is 1. The minimum atomic E-state index is 0.564. The summed E-state index contributed by atoms with van der Waals surface area (Å²) in [6.45, 7) is 0.995. The second-order valence-electron chi connectivity index (χ2n) is 5.27. The lowest BCUT2D eigenvalue weighted by atomic mass is 9.96. The van der Waals surface area contributed by atoms with E-state index in [4.69, 9.17) is 4.99 Å². The monoisotopic (exact) mass is 260 g/mol. The third-order valence-corrected chi connectivity index (χ3v) is 4.99. The van der Waals surface area contributed by atoms with E-state index in [1.807, 2.05) is 11.8 Å². The highest BCUT2D eigenvalue weighted by molar-refractivity contribution is 8.13. The highest BCUT2D eigenvalue weighted by atomic mass is 32.2. The zero-order chi connectivity index (χ0) is 12.4. The van der Waals surface area contributed by atoms with Crippen LogP contribution < -0.4 is 0 Å². The molecule has 1 saturated carbocycles. The fourth-order valence-corrected chi connectivity index (χ4v) is 3.75. The second kappa shape index (κ2) is 5.35. The predicted molar refractivity (Wildman–Crippen MR) is 78.1 cm³/mol. The van der Waals surface area contributed by atoms with E-state index in [2.05, 4.69) is 36.2 Å². The molecule has 0 spiro atoms. The van der Waals surface area contributed by atoms with Crippen molar-refractivity contribution in [3.05, 3.63) is 29.8 Å². The molecule has 0 atom stereocenters. The van der Waals surface area contributed by atoms with Gasteiger partial charge in [-0.15, -0.1) is 0 Å². The van der Waals surface area contributed by atoms with Crippen molar-refractivity contribution >= 4 is 16.9 Å². The maximum atomic E-state index is 4.98. The van der Waals surface area contributed by atoms with Crippen LogP contribution in [0.5, 0.6) is 0 Å². The maximum Gasteiger partial charge on any atom is 0.164 e. The number of nitrogens with zero attached hydrogens (tertiary/aromatic N) is 2. The van der Waals surface area contributed by atoms with Crippen molar-refractivity contribution in [1.29, 1.82) is 0 Å². The molecule has 0 bridgehead atoms. The molecule has 0 radical (unpaired) electrons. The minimum absolute atomic E-state index is 0.564. The Morgan fingerprint density at radius 1 is 1.17 bits per heavy atom. The number of aliphatic imine (C=N–C) groups is 1. The van der Waals surface area contributed by atoms with Crippen LogP contribution in [0.15, 0.2) is 34.2 Å². The molecular formula is C15H20N2S. The Morgan fingerprint density at radius 3 is 2.78 bits per heavy atom. The first-order chi connectivity index (χ1) is 8.83. The van der Waals surface area contributed by atoms with Crippen LogP contribution in [0, 0.1) is 0 Å². The van der Waals surface area contributed by atoms with Crippen LogP contribution in [0.4, 0.5) is 0 Å². The third-order valence-electron chi connectivity index (χ3n) is 3.78. The molecule has 96 valence electrons. The van der Waals surface area contributed by atoms with Crippen LogP contribution in [-0.2, 0) is 6.54 Å². The first kappa shape index (κ1) is 12.1. The standard InChI is InChI=1S/C15H20N2S/c1-17-11-12-7-5-6-10-14(12)18-15(17)16-13-8-3-2-4-9-13/h5-7,10,13H,2-4,8-9,11H2,1H3. The van der Waals surface area contributed by atoms with E-state index < -0.39 is 0 Å². The van der Waals surface area contributed by atoms with E-state index in [0.717, 1.165) is 6.54 Å². The van der Waals surface area contributed by atoms with Crippen LogP contribution in [0.1, 0.15) is 37.7 Å². The molecule has 0 saturated heterocycles. The number of hydrogen-bond acceptors (Lipinski definition) is 2. The van der Waals surface area contributed by atoms with Crippen molar-refractivity contribution in [3.8, 4) is 0 Å². The molecule has 0 aromatic heterocycles. The van der Waals surface area contributed by atoms with Gasteiger partial charge in [0.15, 0.2) is 5.17 Å². The molecule has 1 aromatic carbocycles. The molecule has 1 fully saturated rings. The number of amidine groups is 1. The summed E-state index contributed by atoms with van der Waals surface area (Å²) in [5.74, 6) is 0. The summed E-state index contributed by atoms with van der Waals surface area (Å²) in [5.41, 5.74) is 1.42. The second-order valence-corrected chi connectivity index (χ2v) is 6.28. The molecule has 1 aromatic rings. The highest BCUT2D eigenvalue weighted by Gasteiger charge is 2.21. The molecule has 2 aliphatic rings. The Kier molecular flexibility index (Phi) is 3.59. The van der Waals surface area contributed by atoms with Crippen LogP contribution in [0.3, 0.4) is 0 Å². The lowest BCUT2D eigenvalue weighted by molar-refractivity contribution is 0.432. The maximum absolute atomic E-state index is 4.98. The number of benzene rings is 1. The lowest BCUT2D eigenvalue weighted by Gasteiger charge is -2.29. The van der Waals surface area contributed by atoms with Crippen molar-refractivity contribution in [2.24, 2.45) is 4.99 Å². The lowest BCUT2D eigenvalue weighted by Crippen LogP contribution is -2.29. The molecule has 18 heavy (non-hydrogen) atoms. The van der Waals surface area contributed by atoms with Gasteiger partial charge in [0.2, 0.25) is 0 Å². The van der Waals surface area contributed by atoms with Crippen molar-refractivity contribution in [3.63, 3.8) is 0 Å². The van der Waals surface area contributed by atoms with Gasteiger partial charge in [-0.2, -0.15) is 0 Å². The molecule has 3 rings (SSSR count). The molecular weight excluding hydrogens is 240 g/mol. The van der Waals surface area contributed by atoms with Gasteiger partial charge in [-0.25, -0.2) is 0 Å². The third kappa shape index (κ3) is 2.56. The van der Waals surface area contributed by atoms with E-state index in [1.165, 1.54) is 47.7 Å². The zero-order valence-corrected chi connectivity index (χ0v) is 11.7.